The average Bonchev–Trinajstić information content (AvgIpc) is 2.81. The van der Waals surface area contributed by atoms with Crippen molar-refractivity contribution in [3.05, 3.63) is 33.6 Å². The van der Waals surface area contributed by atoms with Gasteiger partial charge >= 0.3 is 0 Å². The third-order valence-electron chi connectivity index (χ3n) is 2.97. The molecule has 0 spiro atoms. The number of aliphatic hydroxyl groups excluding tert-OH is 1. The van der Waals surface area contributed by atoms with E-state index in [-0.39, 0.29) is 6.61 Å². The zero-order valence-corrected chi connectivity index (χ0v) is 11.7. The van der Waals surface area contributed by atoms with Crippen molar-refractivity contribution in [1.82, 2.24) is 4.98 Å². The fraction of sp³-hybridized carbons (Fsp3) is 0.357. The van der Waals surface area contributed by atoms with Gasteiger partial charge in [0.05, 0.1) is 17.8 Å². The van der Waals surface area contributed by atoms with E-state index in [2.05, 4.69) is 24.9 Å². The van der Waals surface area contributed by atoms with Gasteiger partial charge in [0.25, 0.3) is 0 Å². The van der Waals surface area contributed by atoms with Gasteiger partial charge in [-0.25, -0.2) is 4.98 Å². The number of aromatic nitrogens is 1. The fourth-order valence-electron chi connectivity index (χ4n) is 1.80. The third-order valence-corrected chi connectivity index (χ3v) is 3.88. The van der Waals surface area contributed by atoms with Gasteiger partial charge in [-0.05, 0) is 37.1 Å². The molecule has 96 valence electrons. The molecule has 0 saturated heterocycles. The van der Waals surface area contributed by atoms with Crippen LogP contribution in [0, 0.1) is 13.8 Å². The van der Waals surface area contributed by atoms with Crippen LogP contribution in [0.2, 0.25) is 0 Å². The normalized spacial score (nSPS) is 10.7. The molecule has 0 aliphatic heterocycles. The van der Waals surface area contributed by atoms with Gasteiger partial charge in [0.15, 0.2) is 0 Å². The third kappa shape index (κ3) is 2.54. The van der Waals surface area contributed by atoms with Crippen molar-refractivity contribution >= 4 is 11.3 Å². The highest BCUT2D eigenvalue weighted by atomic mass is 32.1. The van der Waals surface area contributed by atoms with Crippen LogP contribution in [0.1, 0.15) is 16.1 Å². The SMILES string of the molecule is COc1cc(C)c(C)cc1-c1csc(CCO)n1. The Hall–Kier alpha value is -1.39. The lowest BCUT2D eigenvalue weighted by molar-refractivity contribution is 0.299. The lowest BCUT2D eigenvalue weighted by Crippen LogP contribution is -1.93. The van der Waals surface area contributed by atoms with Crippen LogP contribution in [0.4, 0.5) is 0 Å². The number of hydrogen-bond donors (Lipinski definition) is 1. The number of benzene rings is 1. The van der Waals surface area contributed by atoms with Crippen LogP contribution in [0.15, 0.2) is 17.5 Å². The highest BCUT2D eigenvalue weighted by molar-refractivity contribution is 7.09. The minimum absolute atomic E-state index is 0.136. The van der Waals surface area contributed by atoms with Crippen molar-refractivity contribution in [1.29, 1.82) is 0 Å². The summed E-state index contributed by atoms with van der Waals surface area (Å²) in [6.07, 6.45) is 0.609. The molecule has 0 unspecified atom stereocenters. The van der Waals surface area contributed by atoms with Crippen LogP contribution in [0.5, 0.6) is 5.75 Å². The van der Waals surface area contributed by atoms with Crippen LogP contribution in [-0.4, -0.2) is 23.8 Å². The molecule has 0 atom stereocenters. The minimum Gasteiger partial charge on any atom is -0.496 e. The highest BCUT2D eigenvalue weighted by Gasteiger charge is 2.11. The molecule has 4 heteroatoms. The van der Waals surface area contributed by atoms with Crippen molar-refractivity contribution in [3.63, 3.8) is 0 Å². The predicted molar refractivity (Wildman–Crippen MR) is 74.4 cm³/mol. The first-order chi connectivity index (χ1) is 8.65. The summed E-state index contributed by atoms with van der Waals surface area (Å²) < 4.78 is 5.42. The molecule has 2 aromatic rings. The number of rotatable bonds is 4. The van der Waals surface area contributed by atoms with Crippen molar-refractivity contribution in [2.75, 3.05) is 13.7 Å². The van der Waals surface area contributed by atoms with E-state index in [1.807, 2.05) is 11.4 Å². The number of methoxy groups -OCH3 is 1. The standard InChI is InChI=1S/C14H17NO2S/c1-9-6-11(13(17-3)7-10(9)2)12-8-18-14(15-12)4-5-16/h6-8,16H,4-5H2,1-3H3. The molecular formula is C14H17NO2S. The maximum Gasteiger partial charge on any atom is 0.128 e. The number of nitrogens with zero attached hydrogens (tertiary/aromatic N) is 1. The van der Waals surface area contributed by atoms with Gasteiger partial charge in [-0.3, -0.25) is 0 Å². The first kappa shape index (κ1) is 13.1. The van der Waals surface area contributed by atoms with Crippen molar-refractivity contribution < 1.29 is 9.84 Å². The van der Waals surface area contributed by atoms with Gasteiger partial charge in [0.1, 0.15) is 5.75 Å². The van der Waals surface area contributed by atoms with Crippen molar-refractivity contribution in [2.24, 2.45) is 0 Å². The Morgan fingerprint density at radius 1 is 1.28 bits per heavy atom. The van der Waals surface area contributed by atoms with E-state index in [4.69, 9.17) is 9.84 Å². The molecule has 2 rings (SSSR count). The minimum atomic E-state index is 0.136. The van der Waals surface area contributed by atoms with Gasteiger partial charge in [-0.1, -0.05) is 0 Å². The monoisotopic (exact) mass is 263 g/mol. The Balaban J connectivity index is 2.45. The molecule has 18 heavy (non-hydrogen) atoms. The average molecular weight is 263 g/mol. The maximum absolute atomic E-state index is 8.92. The van der Waals surface area contributed by atoms with Crippen LogP contribution < -0.4 is 4.74 Å². The summed E-state index contributed by atoms with van der Waals surface area (Å²) in [5.74, 6) is 0.846. The fourth-order valence-corrected chi connectivity index (χ4v) is 2.59. The van der Waals surface area contributed by atoms with E-state index in [0.29, 0.717) is 6.42 Å². The van der Waals surface area contributed by atoms with E-state index in [1.165, 1.54) is 11.1 Å². The Morgan fingerprint density at radius 3 is 2.67 bits per heavy atom. The summed E-state index contributed by atoms with van der Waals surface area (Å²) in [4.78, 5) is 4.53. The van der Waals surface area contributed by atoms with Crippen LogP contribution in [-0.2, 0) is 6.42 Å². The van der Waals surface area contributed by atoms with E-state index in [1.54, 1.807) is 18.4 Å². The molecule has 1 aromatic heterocycles. The Morgan fingerprint density at radius 2 is 2.00 bits per heavy atom. The summed E-state index contributed by atoms with van der Waals surface area (Å²) in [6, 6.07) is 4.14. The topological polar surface area (TPSA) is 42.4 Å². The Kier molecular flexibility index (Phi) is 3.99. The first-order valence-electron chi connectivity index (χ1n) is 5.86. The summed E-state index contributed by atoms with van der Waals surface area (Å²) in [5, 5.41) is 11.9. The van der Waals surface area contributed by atoms with E-state index in [9.17, 15) is 0 Å². The summed E-state index contributed by atoms with van der Waals surface area (Å²) in [7, 11) is 1.68. The van der Waals surface area contributed by atoms with E-state index >= 15 is 0 Å². The van der Waals surface area contributed by atoms with Gasteiger partial charge < -0.3 is 9.84 Å². The molecule has 1 N–H and O–H groups in total. The van der Waals surface area contributed by atoms with E-state index in [0.717, 1.165) is 22.0 Å². The molecule has 0 bridgehead atoms. The van der Waals surface area contributed by atoms with Gasteiger partial charge in [0.2, 0.25) is 0 Å². The number of hydrogen-bond acceptors (Lipinski definition) is 4. The predicted octanol–water partition coefficient (Wildman–Crippen LogP) is 2.97. The largest absolute Gasteiger partial charge is 0.496 e. The Bertz CT molecular complexity index is 549. The lowest BCUT2D eigenvalue weighted by atomic mass is 10.0. The molecule has 0 amide bonds. The second kappa shape index (κ2) is 5.50. The lowest BCUT2D eigenvalue weighted by Gasteiger charge is -2.10. The van der Waals surface area contributed by atoms with Crippen molar-refractivity contribution in [2.45, 2.75) is 20.3 Å². The molecule has 0 fully saturated rings. The molecule has 3 nitrogen and oxygen atoms in total. The van der Waals surface area contributed by atoms with Gasteiger partial charge in [-0.15, -0.1) is 11.3 Å². The molecular weight excluding hydrogens is 246 g/mol. The molecule has 0 radical (unpaired) electrons. The molecule has 1 aromatic carbocycles. The maximum atomic E-state index is 8.92. The Labute approximate surface area is 111 Å². The highest BCUT2D eigenvalue weighted by Crippen LogP contribution is 2.33. The molecule has 0 aliphatic carbocycles. The van der Waals surface area contributed by atoms with Crippen molar-refractivity contribution in [3.8, 4) is 17.0 Å². The smallest absolute Gasteiger partial charge is 0.128 e. The van der Waals surface area contributed by atoms with Gasteiger partial charge in [0, 0.05) is 24.0 Å². The summed E-state index contributed by atoms with van der Waals surface area (Å²) in [5.41, 5.74) is 4.37. The zero-order valence-electron chi connectivity index (χ0n) is 10.9. The van der Waals surface area contributed by atoms with Crippen LogP contribution in [0.25, 0.3) is 11.3 Å². The molecule has 0 saturated carbocycles. The van der Waals surface area contributed by atoms with E-state index < -0.39 is 0 Å². The quantitative estimate of drug-likeness (QED) is 0.922. The summed E-state index contributed by atoms with van der Waals surface area (Å²) >= 11 is 1.57. The molecule has 1 heterocycles. The van der Waals surface area contributed by atoms with Crippen LogP contribution >= 0.6 is 11.3 Å². The number of aliphatic hydroxyl groups is 1. The number of aryl methyl sites for hydroxylation is 2. The second-order valence-corrected chi connectivity index (χ2v) is 5.18. The zero-order chi connectivity index (χ0) is 13.1. The van der Waals surface area contributed by atoms with Crippen LogP contribution in [0.3, 0.4) is 0 Å². The second-order valence-electron chi connectivity index (χ2n) is 4.24. The first-order valence-corrected chi connectivity index (χ1v) is 6.74. The number of thiazole rings is 1. The molecule has 0 aliphatic rings. The number of ether oxygens (including phenoxy) is 1. The van der Waals surface area contributed by atoms with Gasteiger partial charge in [-0.2, -0.15) is 0 Å². The summed E-state index contributed by atoms with van der Waals surface area (Å²) in [6.45, 7) is 4.29.